The van der Waals surface area contributed by atoms with Crippen molar-refractivity contribution in [2.45, 2.75) is 61.9 Å². The highest BCUT2D eigenvalue weighted by Crippen LogP contribution is 2.33. The zero-order chi connectivity index (χ0) is 31.1. The van der Waals surface area contributed by atoms with Gasteiger partial charge in [0.05, 0.1) is 25.5 Å². The Balaban J connectivity index is 0.959. The van der Waals surface area contributed by atoms with Crippen LogP contribution in [-0.2, 0) is 28.5 Å². The fourth-order valence-corrected chi connectivity index (χ4v) is 4.97. The molecule has 2 aliphatic heterocycles. The van der Waals surface area contributed by atoms with Crippen molar-refractivity contribution in [3.63, 3.8) is 0 Å². The summed E-state index contributed by atoms with van der Waals surface area (Å²) in [6, 6.07) is 0. The third kappa shape index (κ3) is 5.33. The monoisotopic (exact) mass is 617 g/mol. The van der Waals surface area contributed by atoms with Crippen LogP contribution in [0.5, 0.6) is 5.88 Å². The SMILES string of the molecule is Nc1ncnc2c1ncn2[C@@H]1O[C@H](COC(=O)CCC(=O)OC[C@H]2O[C@@H](n3cnc4c(O)ncnc43)C(O)C2O)C(O)C1O. The molecule has 0 spiro atoms. The zero-order valence-electron chi connectivity index (χ0n) is 22.6. The van der Waals surface area contributed by atoms with Gasteiger partial charge in [-0.1, -0.05) is 0 Å². The highest BCUT2D eigenvalue weighted by molar-refractivity contribution is 5.81. The Morgan fingerprint density at radius 3 is 1.75 bits per heavy atom. The minimum Gasteiger partial charge on any atom is -0.492 e. The second kappa shape index (κ2) is 11.8. The Kier molecular flexibility index (Phi) is 7.92. The molecule has 0 bridgehead atoms. The van der Waals surface area contributed by atoms with E-state index in [-0.39, 0.29) is 46.9 Å². The Morgan fingerprint density at radius 1 is 0.727 bits per heavy atom. The Labute approximate surface area is 245 Å². The number of hydrogen-bond donors (Lipinski definition) is 6. The number of rotatable bonds is 9. The summed E-state index contributed by atoms with van der Waals surface area (Å²) in [4.78, 5) is 48.2. The van der Waals surface area contributed by atoms with Crippen molar-refractivity contribution in [2.24, 2.45) is 0 Å². The highest BCUT2D eigenvalue weighted by Gasteiger charge is 2.46. The summed E-state index contributed by atoms with van der Waals surface area (Å²) >= 11 is 0. The lowest BCUT2D eigenvalue weighted by molar-refractivity contribution is -0.156. The van der Waals surface area contributed by atoms with Crippen molar-refractivity contribution in [3.8, 4) is 5.88 Å². The van der Waals surface area contributed by atoms with E-state index in [9.17, 15) is 35.1 Å². The Bertz CT molecular complexity index is 1560. The first-order valence-corrected chi connectivity index (χ1v) is 13.3. The van der Waals surface area contributed by atoms with Crippen molar-refractivity contribution in [2.75, 3.05) is 18.9 Å². The quantitative estimate of drug-likeness (QED) is 0.102. The highest BCUT2D eigenvalue weighted by atomic mass is 16.6. The third-order valence-corrected chi connectivity index (χ3v) is 7.30. The van der Waals surface area contributed by atoms with Crippen molar-refractivity contribution in [1.82, 2.24) is 39.0 Å². The Morgan fingerprint density at radius 2 is 1.20 bits per heavy atom. The molecule has 6 rings (SSSR count). The van der Waals surface area contributed by atoms with Gasteiger partial charge in [-0.25, -0.2) is 24.9 Å². The fourth-order valence-electron chi connectivity index (χ4n) is 4.97. The number of ether oxygens (including phenoxy) is 4. The maximum Gasteiger partial charge on any atom is 0.306 e. The van der Waals surface area contributed by atoms with Gasteiger partial charge in [-0.2, -0.15) is 4.98 Å². The van der Waals surface area contributed by atoms with Crippen LogP contribution in [0.1, 0.15) is 25.3 Å². The molecule has 4 unspecified atom stereocenters. The van der Waals surface area contributed by atoms with E-state index in [2.05, 4.69) is 29.9 Å². The molecule has 6 heterocycles. The molecular weight excluding hydrogens is 590 g/mol. The molecule has 20 heteroatoms. The van der Waals surface area contributed by atoms with E-state index >= 15 is 0 Å². The number of aromatic hydroxyl groups is 1. The number of nitrogen functional groups attached to an aromatic ring is 1. The van der Waals surface area contributed by atoms with Crippen molar-refractivity contribution in [3.05, 3.63) is 25.3 Å². The normalized spacial score (nSPS) is 28.5. The summed E-state index contributed by atoms with van der Waals surface area (Å²) < 4.78 is 24.3. The second-order valence-electron chi connectivity index (χ2n) is 10.1. The van der Waals surface area contributed by atoms with Crippen LogP contribution in [0.25, 0.3) is 22.3 Å². The van der Waals surface area contributed by atoms with Crippen LogP contribution in [-0.4, -0.2) is 126 Å². The number of aliphatic hydroxyl groups is 4. The van der Waals surface area contributed by atoms with Crippen LogP contribution in [0, 0.1) is 0 Å². The first-order valence-electron chi connectivity index (χ1n) is 13.3. The largest absolute Gasteiger partial charge is 0.492 e. The van der Waals surface area contributed by atoms with Gasteiger partial charge in [-0.15, -0.1) is 0 Å². The Hall–Kier alpha value is -4.60. The van der Waals surface area contributed by atoms with Crippen LogP contribution in [0.2, 0.25) is 0 Å². The van der Waals surface area contributed by atoms with Gasteiger partial charge in [-0.05, 0) is 0 Å². The van der Waals surface area contributed by atoms with Gasteiger partial charge in [-0.3, -0.25) is 18.7 Å². The van der Waals surface area contributed by atoms with Gasteiger partial charge in [0.1, 0.15) is 68.0 Å². The number of fused-ring (bicyclic) bond motifs is 2. The minimum absolute atomic E-state index is 0.0667. The smallest absolute Gasteiger partial charge is 0.306 e. The summed E-state index contributed by atoms with van der Waals surface area (Å²) in [5.41, 5.74) is 6.56. The summed E-state index contributed by atoms with van der Waals surface area (Å²) in [5, 5.41) is 51.7. The molecule has 0 amide bonds. The summed E-state index contributed by atoms with van der Waals surface area (Å²) in [5.74, 6) is -1.85. The lowest BCUT2D eigenvalue weighted by Crippen LogP contribution is -2.34. The number of nitrogens with zero attached hydrogens (tertiary/aromatic N) is 8. The molecular formula is C24H27N9O11. The van der Waals surface area contributed by atoms with E-state index in [4.69, 9.17) is 24.7 Å². The summed E-state index contributed by atoms with van der Waals surface area (Å²) in [6.45, 7) is -0.851. The number of nitrogens with two attached hydrogens (primary N) is 1. The van der Waals surface area contributed by atoms with E-state index in [0.717, 1.165) is 6.33 Å². The lowest BCUT2D eigenvalue weighted by atomic mass is 10.1. The van der Waals surface area contributed by atoms with Crippen molar-refractivity contribution >= 4 is 40.1 Å². The number of carbonyl (C=O) groups excluding carboxylic acids is 2. The van der Waals surface area contributed by atoms with Gasteiger partial charge in [0.2, 0.25) is 5.88 Å². The molecule has 2 fully saturated rings. The number of imidazole rings is 2. The molecule has 8 atom stereocenters. The number of hydrogen-bond acceptors (Lipinski definition) is 18. The number of esters is 2. The predicted octanol–water partition coefficient (Wildman–Crippen LogP) is -2.94. The average Bonchev–Trinajstić information content (AvgIpc) is 3.77. The molecule has 0 radical (unpaired) electrons. The molecule has 44 heavy (non-hydrogen) atoms. The molecule has 0 saturated carbocycles. The number of aromatic nitrogens is 8. The lowest BCUT2D eigenvalue weighted by Gasteiger charge is -2.16. The van der Waals surface area contributed by atoms with E-state index in [1.54, 1.807) is 0 Å². The molecule has 0 aliphatic carbocycles. The van der Waals surface area contributed by atoms with E-state index in [1.807, 2.05) is 0 Å². The number of aliphatic hydroxyl groups excluding tert-OH is 4. The topological polar surface area (TPSA) is 285 Å². The molecule has 7 N–H and O–H groups in total. The third-order valence-electron chi connectivity index (χ3n) is 7.30. The fraction of sp³-hybridized carbons (Fsp3) is 0.500. The van der Waals surface area contributed by atoms with E-state index in [1.165, 1.54) is 28.1 Å². The standard InChI is InChI=1S/C24H27N9O11/c25-19-13-20(27-5-26-19)32(7-30-13)23-17(38)15(36)9(43-23)3-41-11(34)1-2-12(35)42-4-10-16(37)18(39)24(44-10)33-8-31-14-21(33)28-6-29-22(14)40/h5-10,15-18,23-24,36-39H,1-4H2,(H2,25,26,27)(H,28,29,40)/t9-,10-,15?,16?,17?,18?,23-,24-/m1/s1. The minimum atomic E-state index is -1.44. The maximum absolute atomic E-state index is 12.3. The van der Waals surface area contributed by atoms with Crippen LogP contribution < -0.4 is 5.73 Å². The summed E-state index contributed by atoms with van der Waals surface area (Å²) in [6.07, 6.45) is -6.00. The first kappa shape index (κ1) is 29.5. The van der Waals surface area contributed by atoms with Gasteiger partial charge in [0.15, 0.2) is 35.1 Å². The van der Waals surface area contributed by atoms with E-state index in [0.29, 0.717) is 0 Å². The van der Waals surface area contributed by atoms with E-state index < -0.39 is 74.2 Å². The molecule has 0 aromatic carbocycles. The van der Waals surface area contributed by atoms with Gasteiger partial charge < -0.3 is 50.2 Å². The van der Waals surface area contributed by atoms with Crippen LogP contribution in [0.4, 0.5) is 5.82 Å². The predicted molar refractivity (Wildman–Crippen MR) is 140 cm³/mol. The molecule has 2 saturated heterocycles. The number of carbonyl (C=O) groups is 2. The average molecular weight is 618 g/mol. The second-order valence-corrected chi connectivity index (χ2v) is 10.1. The van der Waals surface area contributed by atoms with Crippen molar-refractivity contribution < 1.29 is 54.1 Å². The van der Waals surface area contributed by atoms with Crippen LogP contribution in [0.15, 0.2) is 25.3 Å². The summed E-state index contributed by atoms with van der Waals surface area (Å²) in [7, 11) is 0. The van der Waals surface area contributed by atoms with Crippen molar-refractivity contribution in [1.29, 1.82) is 0 Å². The van der Waals surface area contributed by atoms with Gasteiger partial charge in [0.25, 0.3) is 0 Å². The molecule has 2 aliphatic rings. The number of anilines is 1. The molecule has 4 aromatic heterocycles. The van der Waals surface area contributed by atoms with Crippen LogP contribution >= 0.6 is 0 Å². The molecule has 20 nitrogen and oxygen atoms in total. The first-order chi connectivity index (χ1) is 21.1. The molecule has 4 aromatic rings. The zero-order valence-corrected chi connectivity index (χ0v) is 22.6. The molecule has 234 valence electrons. The maximum atomic E-state index is 12.3. The van der Waals surface area contributed by atoms with Gasteiger partial charge in [0, 0.05) is 0 Å². The van der Waals surface area contributed by atoms with Crippen LogP contribution in [0.3, 0.4) is 0 Å². The van der Waals surface area contributed by atoms with Gasteiger partial charge >= 0.3 is 11.9 Å².